The smallest absolute Gasteiger partial charge is 0.187 e. The van der Waals surface area contributed by atoms with E-state index >= 15 is 0 Å². The standard InChI is InChI=1S/C17H16ClNO/c1-13(14-5-3-2-4-6-14)19-12-11-17(20)15-7-9-16(18)10-8-15/h2-13,19H,1H3/b12-11+/t13-/m1/s1. The number of rotatable bonds is 5. The van der Waals surface area contributed by atoms with Gasteiger partial charge in [0.05, 0.1) is 0 Å². The van der Waals surface area contributed by atoms with Gasteiger partial charge in [-0.15, -0.1) is 0 Å². The first-order chi connectivity index (χ1) is 9.66. The summed E-state index contributed by atoms with van der Waals surface area (Å²) in [5, 5.41) is 3.81. The second-order valence-electron chi connectivity index (χ2n) is 4.50. The third-order valence-corrected chi connectivity index (χ3v) is 3.26. The van der Waals surface area contributed by atoms with E-state index in [1.165, 1.54) is 11.6 Å². The van der Waals surface area contributed by atoms with Crippen LogP contribution in [-0.2, 0) is 0 Å². The molecule has 0 unspecified atom stereocenters. The van der Waals surface area contributed by atoms with Gasteiger partial charge in [0.2, 0.25) is 0 Å². The summed E-state index contributed by atoms with van der Waals surface area (Å²) in [5.41, 5.74) is 1.80. The fourth-order valence-corrected chi connectivity index (χ4v) is 1.94. The minimum Gasteiger partial charge on any atom is -0.384 e. The number of hydrogen-bond donors (Lipinski definition) is 1. The molecule has 20 heavy (non-hydrogen) atoms. The molecular formula is C17H16ClNO. The number of carbonyl (C=O) groups is 1. The Morgan fingerprint density at radius 2 is 1.75 bits per heavy atom. The van der Waals surface area contributed by atoms with Crippen LogP contribution in [0, 0.1) is 0 Å². The summed E-state index contributed by atoms with van der Waals surface area (Å²) >= 11 is 5.79. The average molecular weight is 286 g/mol. The molecule has 0 saturated carbocycles. The molecule has 0 aliphatic heterocycles. The normalized spacial score (nSPS) is 12.3. The van der Waals surface area contributed by atoms with Crippen LogP contribution in [0.5, 0.6) is 0 Å². The fourth-order valence-electron chi connectivity index (χ4n) is 1.82. The highest BCUT2D eigenvalue weighted by Crippen LogP contribution is 2.12. The van der Waals surface area contributed by atoms with Crippen LogP contribution in [0.1, 0.15) is 28.9 Å². The summed E-state index contributed by atoms with van der Waals surface area (Å²) in [6, 6.07) is 17.1. The van der Waals surface area contributed by atoms with Crippen molar-refractivity contribution in [2.75, 3.05) is 0 Å². The Morgan fingerprint density at radius 1 is 1.10 bits per heavy atom. The van der Waals surface area contributed by atoms with Gasteiger partial charge >= 0.3 is 0 Å². The van der Waals surface area contributed by atoms with Crippen molar-refractivity contribution < 1.29 is 4.79 Å². The quantitative estimate of drug-likeness (QED) is 0.652. The average Bonchev–Trinajstić information content (AvgIpc) is 2.48. The van der Waals surface area contributed by atoms with Crippen LogP contribution in [0.4, 0.5) is 0 Å². The van der Waals surface area contributed by atoms with Gasteiger partial charge in [0.15, 0.2) is 5.78 Å². The molecule has 0 aromatic heterocycles. The first kappa shape index (κ1) is 14.4. The van der Waals surface area contributed by atoms with E-state index in [-0.39, 0.29) is 11.8 Å². The van der Waals surface area contributed by atoms with Gasteiger partial charge in [0, 0.05) is 28.9 Å². The second kappa shape index (κ2) is 6.92. The monoisotopic (exact) mass is 285 g/mol. The predicted octanol–water partition coefficient (Wildman–Crippen LogP) is 4.39. The number of allylic oxidation sites excluding steroid dienone is 1. The molecule has 0 fully saturated rings. The zero-order valence-electron chi connectivity index (χ0n) is 11.2. The lowest BCUT2D eigenvalue weighted by molar-refractivity contribution is 0.104. The maximum absolute atomic E-state index is 11.9. The Morgan fingerprint density at radius 3 is 2.40 bits per heavy atom. The van der Waals surface area contributed by atoms with E-state index in [9.17, 15) is 4.79 Å². The lowest BCUT2D eigenvalue weighted by Gasteiger charge is -2.11. The highest BCUT2D eigenvalue weighted by molar-refractivity contribution is 6.30. The predicted molar refractivity (Wildman–Crippen MR) is 82.9 cm³/mol. The Balaban J connectivity index is 1.93. The van der Waals surface area contributed by atoms with Crippen molar-refractivity contribution in [2.24, 2.45) is 0 Å². The molecule has 3 heteroatoms. The Hall–Kier alpha value is -2.06. The molecule has 0 radical (unpaired) electrons. The summed E-state index contributed by atoms with van der Waals surface area (Å²) in [5.74, 6) is -0.0468. The minimum absolute atomic E-state index is 0.0468. The molecule has 0 aliphatic rings. The van der Waals surface area contributed by atoms with Crippen molar-refractivity contribution in [2.45, 2.75) is 13.0 Å². The van der Waals surface area contributed by atoms with Crippen LogP contribution in [0.25, 0.3) is 0 Å². The van der Waals surface area contributed by atoms with Crippen LogP contribution in [0.15, 0.2) is 66.9 Å². The summed E-state index contributed by atoms with van der Waals surface area (Å²) < 4.78 is 0. The van der Waals surface area contributed by atoms with E-state index in [1.807, 2.05) is 37.3 Å². The molecule has 0 saturated heterocycles. The van der Waals surface area contributed by atoms with Gasteiger partial charge in [-0.05, 0) is 36.8 Å². The minimum atomic E-state index is -0.0468. The SMILES string of the molecule is C[C@@H](N/C=C/C(=O)c1ccc(Cl)cc1)c1ccccc1. The Bertz CT molecular complexity index is 590. The van der Waals surface area contributed by atoms with Crippen LogP contribution < -0.4 is 5.32 Å². The first-order valence-corrected chi connectivity index (χ1v) is 6.82. The number of carbonyl (C=O) groups excluding carboxylic acids is 1. The van der Waals surface area contributed by atoms with Gasteiger partial charge in [-0.25, -0.2) is 0 Å². The van der Waals surface area contributed by atoms with Crippen LogP contribution in [0.3, 0.4) is 0 Å². The molecule has 2 aromatic rings. The number of nitrogens with one attached hydrogen (secondary N) is 1. The number of halogens is 1. The van der Waals surface area contributed by atoms with Crippen LogP contribution >= 0.6 is 11.6 Å². The van der Waals surface area contributed by atoms with Crippen molar-refractivity contribution in [3.63, 3.8) is 0 Å². The molecule has 1 N–H and O–H groups in total. The van der Waals surface area contributed by atoms with Gasteiger partial charge in [0.1, 0.15) is 0 Å². The molecule has 0 aliphatic carbocycles. The molecule has 102 valence electrons. The number of hydrogen-bond acceptors (Lipinski definition) is 2. The third-order valence-electron chi connectivity index (χ3n) is 3.01. The third kappa shape index (κ3) is 3.97. The molecule has 2 nitrogen and oxygen atoms in total. The van der Waals surface area contributed by atoms with Gasteiger partial charge in [0.25, 0.3) is 0 Å². The van der Waals surface area contributed by atoms with E-state index in [0.29, 0.717) is 10.6 Å². The van der Waals surface area contributed by atoms with Gasteiger partial charge in [-0.3, -0.25) is 4.79 Å². The highest BCUT2D eigenvalue weighted by atomic mass is 35.5. The highest BCUT2D eigenvalue weighted by Gasteiger charge is 2.03. The summed E-state index contributed by atoms with van der Waals surface area (Å²) in [6.07, 6.45) is 3.22. The number of ketones is 1. The van der Waals surface area contributed by atoms with Crippen LogP contribution in [-0.4, -0.2) is 5.78 Å². The van der Waals surface area contributed by atoms with E-state index in [2.05, 4.69) is 5.32 Å². The Labute approximate surface area is 124 Å². The molecule has 2 rings (SSSR count). The summed E-state index contributed by atoms with van der Waals surface area (Å²) in [4.78, 5) is 11.9. The van der Waals surface area contributed by atoms with Gasteiger partial charge in [-0.2, -0.15) is 0 Å². The first-order valence-electron chi connectivity index (χ1n) is 6.44. The van der Waals surface area contributed by atoms with Crippen LogP contribution in [0.2, 0.25) is 5.02 Å². The van der Waals surface area contributed by atoms with Crippen molar-refractivity contribution >= 4 is 17.4 Å². The van der Waals surface area contributed by atoms with E-state index in [4.69, 9.17) is 11.6 Å². The molecule has 0 amide bonds. The van der Waals surface area contributed by atoms with Gasteiger partial charge in [-0.1, -0.05) is 41.9 Å². The molecule has 0 spiro atoms. The van der Waals surface area contributed by atoms with Crippen molar-refractivity contribution in [3.05, 3.63) is 83.0 Å². The second-order valence-corrected chi connectivity index (χ2v) is 4.94. The molecule has 2 aromatic carbocycles. The lowest BCUT2D eigenvalue weighted by Crippen LogP contribution is -2.12. The summed E-state index contributed by atoms with van der Waals surface area (Å²) in [6.45, 7) is 2.05. The van der Waals surface area contributed by atoms with Gasteiger partial charge < -0.3 is 5.32 Å². The largest absolute Gasteiger partial charge is 0.384 e. The van der Waals surface area contributed by atoms with E-state index < -0.39 is 0 Å². The van der Waals surface area contributed by atoms with E-state index in [0.717, 1.165) is 0 Å². The molecule has 0 heterocycles. The topological polar surface area (TPSA) is 29.1 Å². The fraction of sp³-hybridized carbons (Fsp3) is 0.118. The zero-order valence-corrected chi connectivity index (χ0v) is 12.0. The Kier molecular flexibility index (Phi) is 4.97. The molecule has 1 atom stereocenters. The zero-order chi connectivity index (χ0) is 14.4. The maximum Gasteiger partial charge on any atom is 0.187 e. The molecular weight excluding hydrogens is 270 g/mol. The number of benzene rings is 2. The lowest BCUT2D eigenvalue weighted by atomic mass is 10.1. The summed E-state index contributed by atoms with van der Waals surface area (Å²) in [7, 11) is 0. The van der Waals surface area contributed by atoms with Crippen molar-refractivity contribution in [1.82, 2.24) is 5.32 Å². The van der Waals surface area contributed by atoms with E-state index in [1.54, 1.807) is 30.5 Å². The van der Waals surface area contributed by atoms with Crippen molar-refractivity contribution in [1.29, 1.82) is 0 Å². The maximum atomic E-state index is 11.9. The molecule has 0 bridgehead atoms. The van der Waals surface area contributed by atoms with Crippen molar-refractivity contribution in [3.8, 4) is 0 Å².